The SMILES string of the molecule is C[Si](C)(C)Nc1ncnc(N)c1[N+](=O)[O-]. The summed E-state index contributed by atoms with van der Waals surface area (Å²) in [5, 5.41) is 10.7. The molecular weight excluding hydrogens is 214 g/mol. The Kier molecular flexibility index (Phi) is 2.89. The minimum Gasteiger partial charge on any atom is -0.390 e. The number of nitrogens with two attached hydrogens (primary N) is 1. The third kappa shape index (κ3) is 2.87. The maximum absolute atomic E-state index is 10.7. The second-order valence-electron chi connectivity index (χ2n) is 4.09. The zero-order valence-corrected chi connectivity index (χ0v) is 9.81. The Balaban J connectivity index is 3.18. The van der Waals surface area contributed by atoms with Crippen molar-refractivity contribution in [3.63, 3.8) is 0 Å². The van der Waals surface area contributed by atoms with Crippen molar-refractivity contribution in [2.24, 2.45) is 0 Å². The van der Waals surface area contributed by atoms with Gasteiger partial charge in [-0.25, -0.2) is 9.97 Å². The van der Waals surface area contributed by atoms with Crippen LogP contribution in [0.5, 0.6) is 0 Å². The Morgan fingerprint density at radius 2 is 2.07 bits per heavy atom. The van der Waals surface area contributed by atoms with Gasteiger partial charge in [-0.3, -0.25) is 10.1 Å². The van der Waals surface area contributed by atoms with Crippen LogP contribution in [0.25, 0.3) is 0 Å². The van der Waals surface area contributed by atoms with E-state index in [4.69, 9.17) is 5.73 Å². The Morgan fingerprint density at radius 3 is 2.53 bits per heavy atom. The summed E-state index contributed by atoms with van der Waals surface area (Å²) >= 11 is 0. The van der Waals surface area contributed by atoms with Crippen LogP contribution in [0.4, 0.5) is 17.3 Å². The van der Waals surface area contributed by atoms with Crippen molar-refractivity contribution < 1.29 is 4.92 Å². The van der Waals surface area contributed by atoms with Gasteiger partial charge in [0.25, 0.3) is 0 Å². The third-order valence-corrected chi connectivity index (χ3v) is 2.51. The molecule has 0 saturated carbocycles. The van der Waals surface area contributed by atoms with Gasteiger partial charge in [-0.1, -0.05) is 19.6 Å². The Labute approximate surface area is 88.0 Å². The normalized spacial score (nSPS) is 11.1. The molecule has 0 spiro atoms. The molecule has 3 N–H and O–H groups in total. The molecule has 0 radical (unpaired) electrons. The molecule has 0 amide bonds. The molecule has 0 bridgehead atoms. The molecule has 7 nitrogen and oxygen atoms in total. The molecule has 0 fully saturated rings. The van der Waals surface area contributed by atoms with Crippen LogP contribution in [0.3, 0.4) is 0 Å². The van der Waals surface area contributed by atoms with Crippen LogP contribution in [0.15, 0.2) is 6.33 Å². The zero-order valence-electron chi connectivity index (χ0n) is 8.81. The van der Waals surface area contributed by atoms with E-state index >= 15 is 0 Å². The summed E-state index contributed by atoms with van der Waals surface area (Å²) < 4.78 is 0. The lowest BCUT2D eigenvalue weighted by Crippen LogP contribution is -2.33. The molecule has 1 aromatic rings. The largest absolute Gasteiger partial charge is 0.390 e. The van der Waals surface area contributed by atoms with Gasteiger partial charge in [0.2, 0.25) is 11.6 Å². The first-order valence-corrected chi connectivity index (χ1v) is 7.84. The predicted octanol–water partition coefficient (Wildman–Crippen LogP) is 1.21. The molecule has 15 heavy (non-hydrogen) atoms. The summed E-state index contributed by atoms with van der Waals surface area (Å²) in [6, 6.07) is 0. The number of hydrogen-bond donors (Lipinski definition) is 2. The number of rotatable bonds is 3. The van der Waals surface area contributed by atoms with Crippen molar-refractivity contribution >= 4 is 25.6 Å². The van der Waals surface area contributed by atoms with Crippen molar-refractivity contribution in [2.45, 2.75) is 19.6 Å². The van der Waals surface area contributed by atoms with Crippen molar-refractivity contribution in [2.75, 3.05) is 10.7 Å². The fourth-order valence-electron chi connectivity index (χ4n) is 1.02. The van der Waals surface area contributed by atoms with Gasteiger partial charge in [-0.15, -0.1) is 0 Å². The molecule has 1 rings (SSSR count). The number of hydrogen-bond acceptors (Lipinski definition) is 6. The highest BCUT2D eigenvalue weighted by molar-refractivity contribution is 6.79. The van der Waals surface area contributed by atoms with Crippen molar-refractivity contribution in [3.05, 3.63) is 16.4 Å². The third-order valence-electron chi connectivity index (χ3n) is 1.53. The van der Waals surface area contributed by atoms with E-state index in [1.807, 2.05) is 19.6 Å². The fraction of sp³-hybridized carbons (Fsp3) is 0.429. The van der Waals surface area contributed by atoms with Gasteiger partial charge in [0.15, 0.2) is 0 Å². The van der Waals surface area contributed by atoms with Crippen LogP contribution in [-0.2, 0) is 0 Å². The van der Waals surface area contributed by atoms with E-state index in [1.165, 1.54) is 6.33 Å². The van der Waals surface area contributed by atoms with Gasteiger partial charge in [0, 0.05) is 0 Å². The molecule has 8 heteroatoms. The second-order valence-corrected chi connectivity index (χ2v) is 8.84. The fourth-order valence-corrected chi connectivity index (χ4v) is 1.91. The van der Waals surface area contributed by atoms with Crippen LogP contribution in [-0.4, -0.2) is 23.1 Å². The van der Waals surface area contributed by atoms with Gasteiger partial charge >= 0.3 is 5.69 Å². The predicted molar refractivity (Wildman–Crippen MR) is 60.1 cm³/mol. The quantitative estimate of drug-likeness (QED) is 0.456. The number of nitrogens with zero attached hydrogens (tertiary/aromatic N) is 3. The van der Waals surface area contributed by atoms with Gasteiger partial charge in [0.05, 0.1) is 4.92 Å². The first-order chi connectivity index (χ1) is 6.81. The highest BCUT2D eigenvalue weighted by atomic mass is 28.3. The van der Waals surface area contributed by atoms with E-state index in [0.29, 0.717) is 0 Å². The maximum atomic E-state index is 10.7. The second kappa shape index (κ2) is 3.81. The summed E-state index contributed by atoms with van der Waals surface area (Å²) in [4.78, 5) is 20.6. The van der Waals surface area contributed by atoms with Crippen LogP contribution >= 0.6 is 0 Å². The summed E-state index contributed by atoms with van der Waals surface area (Å²) in [5.41, 5.74) is 5.17. The van der Waals surface area contributed by atoms with E-state index < -0.39 is 13.2 Å². The molecule has 0 atom stereocenters. The smallest absolute Gasteiger partial charge is 0.352 e. The highest BCUT2D eigenvalue weighted by Gasteiger charge is 2.24. The van der Waals surface area contributed by atoms with Gasteiger partial charge < -0.3 is 10.7 Å². The average molecular weight is 227 g/mol. The molecule has 0 aliphatic rings. The van der Waals surface area contributed by atoms with Crippen molar-refractivity contribution in [3.8, 4) is 0 Å². The maximum Gasteiger partial charge on any atom is 0.352 e. The lowest BCUT2D eigenvalue weighted by Gasteiger charge is -2.18. The monoisotopic (exact) mass is 227 g/mol. The standard InChI is InChI=1S/C7H13N5O2Si/c1-15(2,3)11-7-5(12(13)14)6(8)9-4-10-7/h4H,1-3H3,(H3,8,9,10,11). The molecule has 0 aromatic carbocycles. The summed E-state index contributed by atoms with van der Waals surface area (Å²) in [7, 11) is -1.70. The summed E-state index contributed by atoms with van der Waals surface area (Å²) in [6.07, 6.45) is 1.21. The molecule has 82 valence electrons. The van der Waals surface area contributed by atoms with E-state index in [-0.39, 0.29) is 17.3 Å². The van der Waals surface area contributed by atoms with Crippen LogP contribution in [0.1, 0.15) is 0 Å². The van der Waals surface area contributed by atoms with Crippen LogP contribution in [0, 0.1) is 10.1 Å². The van der Waals surface area contributed by atoms with Crippen molar-refractivity contribution in [1.82, 2.24) is 9.97 Å². The molecule has 0 aliphatic heterocycles. The number of nitrogens with one attached hydrogen (secondary N) is 1. The van der Waals surface area contributed by atoms with Gasteiger partial charge in [0.1, 0.15) is 14.6 Å². The summed E-state index contributed by atoms with van der Waals surface area (Å²) in [6.45, 7) is 6.03. The molecular formula is C7H13N5O2Si. The highest BCUT2D eigenvalue weighted by Crippen LogP contribution is 2.27. The van der Waals surface area contributed by atoms with E-state index in [2.05, 4.69) is 15.0 Å². The minimum absolute atomic E-state index is 0.115. The molecule has 0 aliphatic carbocycles. The van der Waals surface area contributed by atoms with Gasteiger partial charge in [-0.2, -0.15) is 0 Å². The molecule has 0 saturated heterocycles. The lowest BCUT2D eigenvalue weighted by atomic mass is 10.4. The lowest BCUT2D eigenvalue weighted by molar-refractivity contribution is -0.383. The zero-order chi connectivity index (χ0) is 11.6. The molecule has 1 aromatic heterocycles. The van der Waals surface area contributed by atoms with Crippen molar-refractivity contribution in [1.29, 1.82) is 0 Å². The van der Waals surface area contributed by atoms with E-state index in [1.54, 1.807) is 0 Å². The minimum atomic E-state index is -1.70. The summed E-state index contributed by atoms with van der Waals surface area (Å²) in [5.74, 6) is 0.0856. The average Bonchev–Trinajstić information content (AvgIpc) is 1.99. The Bertz CT molecular complexity index is 389. The Morgan fingerprint density at radius 1 is 1.47 bits per heavy atom. The number of nitro groups is 1. The van der Waals surface area contributed by atoms with Gasteiger partial charge in [-0.05, 0) is 0 Å². The number of aromatic nitrogens is 2. The molecule has 1 heterocycles. The molecule has 0 unspecified atom stereocenters. The van der Waals surface area contributed by atoms with Crippen LogP contribution < -0.4 is 10.7 Å². The number of nitrogen functional groups attached to an aromatic ring is 1. The first-order valence-electron chi connectivity index (χ1n) is 4.34. The van der Waals surface area contributed by atoms with E-state index in [9.17, 15) is 10.1 Å². The number of anilines is 2. The van der Waals surface area contributed by atoms with Crippen LogP contribution in [0.2, 0.25) is 19.6 Å². The topological polar surface area (TPSA) is 107 Å². The van der Waals surface area contributed by atoms with E-state index in [0.717, 1.165) is 0 Å². The first kappa shape index (κ1) is 11.4. The Hall–Kier alpha value is -1.70.